The molecule has 0 aliphatic carbocycles. The minimum atomic E-state index is -0.298. The van der Waals surface area contributed by atoms with Gasteiger partial charge in [-0.2, -0.15) is 13.8 Å². The normalized spacial score (nSPS) is 10.9. The second-order valence-corrected chi connectivity index (χ2v) is 6.33. The van der Waals surface area contributed by atoms with Crippen molar-refractivity contribution < 1.29 is 13.9 Å². The standard InChI is InChI=1S/C18H14FN5O2S/c19-13-3-1-12(2-4-13)9-24-10-14(8-20-24)21-18(25)11-26-15-5-6-16-17(7-15)23-27-22-16/h1-8,10H,9,11H2,(H,21,25). The van der Waals surface area contributed by atoms with Crippen molar-refractivity contribution in [3.05, 3.63) is 66.2 Å². The van der Waals surface area contributed by atoms with Gasteiger partial charge in [0.1, 0.15) is 22.6 Å². The molecule has 27 heavy (non-hydrogen) atoms. The Morgan fingerprint density at radius 2 is 1.96 bits per heavy atom. The minimum absolute atomic E-state index is 0.133. The zero-order valence-corrected chi connectivity index (χ0v) is 14.8. The summed E-state index contributed by atoms with van der Waals surface area (Å²) in [5, 5.41) is 6.91. The smallest absolute Gasteiger partial charge is 0.262 e. The van der Waals surface area contributed by atoms with E-state index in [1.54, 1.807) is 47.4 Å². The molecule has 0 bridgehead atoms. The molecule has 1 amide bonds. The summed E-state index contributed by atoms with van der Waals surface area (Å²) < 4.78 is 28.3. The summed E-state index contributed by atoms with van der Waals surface area (Å²) in [7, 11) is 0. The van der Waals surface area contributed by atoms with Crippen molar-refractivity contribution in [3.8, 4) is 5.75 Å². The number of aromatic nitrogens is 4. The SMILES string of the molecule is O=C(COc1ccc2nsnc2c1)Nc1cnn(Cc2ccc(F)cc2)c1. The van der Waals surface area contributed by atoms with Crippen molar-refractivity contribution >= 4 is 34.4 Å². The molecule has 0 aliphatic heterocycles. The number of hydrogen-bond acceptors (Lipinski definition) is 6. The third-order valence-electron chi connectivity index (χ3n) is 3.77. The second kappa shape index (κ2) is 7.50. The van der Waals surface area contributed by atoms with Crippen LogP contribution in [0.15, 0.2) is 54.9 Å². The number of carbonyl (C=O) groups excluding carboxylic acids is 1. The molecule has 2 aromatic carbocycles. The van der Waals surface area contributed by atoms with Gasteiger partial charge < -0.3 is 10.1 Å². The highest BCUT2D eigenvalue weighted by atomic mass is 32.1. The number of benzene rings is 2. The lowest BCUT2D eigenvalue weighted by atomic mass is 10.2. The average Bonchev–Trinajstić information content (AvgIpc) is 3.30. The molecule has 0 saturated carbocycles. The number of fused-ring (bicyclic) bond motifs is 1. The first-order chi connectivity index (χ1) is 13.2. The molecular formula is C18H14FN5O2S. The Morgan fingerprint density at radius 1 is 1.15 bits per heavy atom. The van der Waals surface area contributed by atoms with Gasteiger partial charge >= 0.3 is 0 Å². The van der Waals surface area contributed by atoms with E-state index in [1.807, 2.05) is 0 Å². The Bertz CT molecular complexity index is 1080. The highest BCUT2D eigenvalue weighted by Crippen LogP contribution is 2.19. The van der Waals surface area contributed by atoms with E-state index in [9.17, 15) is 9.18 Å². The molecule has 4 rings (SSSR count). The summed E-state index contributed by atoms with van der Waals surface area (Å²) in [5.74, 6) is -0.0254. The van der Waals surface area contributed by atoms with Crippen molar-refractivity contribution in [3.63, 3.8) is 0 Å². The van der Waals surface area contributed by atoms with Gasteiger partial charge in [-0.1, -0.05) is 12.1 Å². The van der Waals surface area contributed by atoms with Gasteiger partial charge in [0.25, 0.3) is 5.91 Å². The van der Waals surface area contributed by atoms with Gasteiger partial charge in [0.05, 0.1) is 30.2 Å². The zero-order chi connectivity index (χ0) is 18.6. The third kappa shape index (κ3) is 4.26. The maximum absolute atomic E-state index is 12.9. The van der Waals surface area contributed by atoms with Crippen molar-refractivity contribution in [1.82, 2.24) is 18.5 Å². The monoisotopic (exact) mass is 383 g/mol. The lowest BCUT2D eigenvalue weighted by molar-refractivity contribution is -0.118. The van der Waals surface area contributed by atoms with Crippen LogP contribution < -0.4 is 10.1 Å². The van der Waals surface area contributed by atoms with Crippen LogP contribution in [0.1, 0.15) is 5.56 Å². The zero-order valence-electron chi connectivity index (χ0n) is 14.0. The molecule has 0 unspecified atom stereocenters. The molecule has 0 spiro atoms. The lowest BCUT2D eigenvalue weighted by Crippen LogP contribution is -2.19. The molecular weight excluding hydrogens is 369 g/mol. The van der Waals surface area contributed by atoms with Crippen LogP contribution in [0.2, 0.25) is 0 Å². The molecule has 136 valence electrons. The van der Waals surface area contributed by atoms with Gasteiger partial charge in [0.15, 0.2) is 6.61 Å². The maximum atomic E-state index is 12.9. The average molecular weight is 383 g/mol. The molecule has 0 fully saturated rings. The highest BCUT2D eigenvalue weighted by molar-refractivity contribution is 7.00. The van der Waals surface area contributed by atoms with Crippen LogP contribution >= 0.6 is 11.7 Å². The molecule has 9 heteroatoms. The number of nitrogens with one attached hydrogen (secondary N) is 1. The van der Waals surface area contributed by atoms with Crippen molar-refractivity contribution in [2.75, 3.05) is 11.9 Å². The Hall–Kier alpha value is -3.33. The minimum Gasteiger partial charge on any atom is -0.484 e. The number of rotatable bonds is 6. The predicted molar refractivity (Wildman–Crippen MR) is 99.3 cm³/mol. The van der Waals surface area contributed by atoms with E-state index in [2.05, 4.69) is 19.2 Å². The van der Waals surface area contributed by atoms with Crippen molar-refractivity contribution in [2.24, 2.45) is 0 Å². The fourth-order valence-corrected chi connectivity index (χ4v) is 3.01. The number of ether oxygens (including phenoxy) is 1. The number of carbonyl (C=O) groups is 1. The van der Waals surface area contributed by atoms with Crippen molar-refractivity contribution in [2.45, 2.75) is 6.54 Å². The summed E-state index contributed by atoms with van der Waals surface area (Å²) in [6, 6.07) is 11.5. The quantitative estimate of drug-likeness (QED) is 0.553. The topological polar surface area (TPSA) is 81.9 Å². The van der Waals surface area contributed by atoms with E-state index in [1.165, 1.54) is 12.1 Å². The van der Waals surface area contributed by atoms with Crippen LogP contribution in [-0.2, 0) is 11.3 Å². The van der Waals surface area contributed by atoms with Crippen LogP contribution in [-0.4, -0.2) is 31.0 Å². The fraction of sp³-hybridized carbons (Fsp3) is 0.111. The highest BCUT2D eigenvalue weighted by Gasteiger charge is 2.07. The van der Waals surface area contributed by atoms with Crippen molar-refractivity contribution in [1.29, 1.82) is 0 Å². The van der Waals surface area contributed by atoms with Crippen LogP contribution in [0, 0.1) is 5.82 Å². The molecule has 0 saturated heterocycles. The van der Waals surface area contributed by atoms with E-state index in [4.69, 9.17) is 4.74 Å². The molecule has 4 aromatic rings. The van der Waals surface area contributed by atoms with Gasteiger partial charge in [-0.15, -0.1) is 0 Å². The maximum Gasteiger partial charge on any atom is 0.262 e. The third-order valence-corrected chi connectivity index (χ3v) is 4.33. The van der Waals surface area contributed by atoms with Gasteiger partial charge in [0, 0.05) is 12.3 Å². The largest absolute Gasteiger partial charge is 0.484 e. The van der Waals surface area contributed by atoms with Crippen LogP contribution in [0.25, 0.3) is 11.0 Å². The van der Waals surface area contributed by atoms with Gasteiger partial charge in [-0.3, -0.25) is 9.48 Å². The number of anilines is 1. The number of nitrogens with zero attached hydrogens (tertiary/aromatic N) is 4. The molecule has 2 heterocycles. The van der Waals surface area contributed by atoms with Gasteiger partial charge in [-0.05, 0) is 29.8 Å². The Labute approximate surface area is 157 Å². The summed E-state index contributed by atoms with van der Waals surface area (Å²) in [6.07, 6.45) is 3.25. The van der Waals surface area contributed by atoms with Crippen LogP contribution in [0.3, 0.4) is 0 Å². The molecule has 7 nitrogen and oxygen atoms in total. The van der Waals surface area contributed by atoms with E-state index < -0.39 is 0 Å². The first kappa shape index (κ1) is 17.1. The first-order valence-electron chi connectivity index (χ1n) is 8.07. The van der Waals surface area contributed by atoms with Gasteiger partial charge in [-0.25, -0.2) is 4.39 Å². The predicted octanol–water partition coefficient (Wildman–Crippen LogP) is 3.09. The molecule has 0 radical (unpaired) electrons. The molecule has 2 aromatic heterocycles. The summed E-state index contributed by atoms with van der Waals surface area (Å²) in [6.45, 7) is 0.348. The Balaban J connectivity index is 1.31. The van der Waals surface area contributed by atoms with E-state index >= 15 is 0 Å². The van der Waals surface area contributed by atoms with E-state index in [0.29, 0.717) is 18.0 Å². The summed E-state index contributed by atoms with van der Waals surface area (Å²) in [4.78, 5) is 12.1. The Morgan fingerprint density at radius 3 is 2.81 bits per heavy atom. The van der Waals surface area contributed by atoms with Crippen LogP contribution in [0.4, 0.5) is 10.1 Å². The molecule has 0 atom stereocenters. The summed E-state index contributed by atoms with van der Waals surface area (Å²) >= 11 is 1.13. The molecule has 0 aliphatic rings. The number of amides is 1. The fourth-order valence-electron chi connectivity index (χ4n) is 2.49. The first-order valence-corrected chi connectivity index (χ1v) is 8.81. The number of hydrogen-bond donors (Lipinski definition) is 1. The van der Waals surface area contributed by atoms with Crippen LogP contribution in [0.5, 0.6) is 5.75 Å². The second-order valence-electron chi connectivity index (χ2n) is 5.80. The number of halogens is 1. The lowest BCUT2D eigenvalue weighted by Gasteiger charge is -2.06. The van der Waals surface area contributed by atoms with Gasteiger partial charge in [0.2, 0.25) is 0 Å². The summed E-state index contributed by atoms with van der Waals surface area (Å²) in [5.41, 5.74) is 3.00. The van der Waals surface area contributed by atoms with E-state index in [0.717, 1.165) is 28.3 Å². The molecule has 1 N–H and O–H groups in total. The van der Waals surface area contributed by atoms with E-state index in [-0.39, 0.29) is 18.3 Å². The Kier molecular flexibility index (Phi) is 4.75.